The second-order valence-corrected chi connectivity index (χ2v) is 9.12. The second-order valence-electron chi connectivity index (χ2n) is 8.10. The molecular formula is C22H31FN2O2S. The predicted octanol–water partition coefficient (Wildman–Crippen LogP) is 4.43. The van der Waals surface area contributed by atoms with Gasteiger partial charge < -0.3 is 5.32 Å². The van der Waals surface area contributed by atoms with Gasteiger partial charge in [-0.25, -0.2) is 4.39 Å². The Kier molecular flexibility index (Phi) is 7.52. The van der Waals surface area contributed by atoms with Crippen molar-refractivity contribution < 1.29 is 14.0 Å². The van der Waals surface area contributed by atoms with E-state index >= 15 is 0 Å². The molecule has 1 aromatic rings. The first-order chi connectivity index (χ1) is 13.5. The van der Waals surface area contributed by atoms with Crippen LogP contribution >= 0.6 is 11.8 Å². The lowest BCUT2D eigenvalue weighted by atomic mass is 9.79. The Balaban J connectivity index is 1.54. The van der Waals surface area contributed by atoms with E-state index in [0.29, 0.717) is 17.0 Å². The van der Waals surface area contributed by atoms with Gasteiger partial charge in [-0.1, -0.05) is 31.7 Å². The summed E-state index contributed by atoms with van der Waals surface area (Å²) in [6.45, 7) is 4.38. The molecule has 0 unspecified atom stereocenters. The van der Waals surface area contributed by atoms with Crippen LogP contribution in [0, 0.1) is 5.82 Å². The van der Waals surface area contributed by atoms with Crippen molar-refractivity contribution >= 4 is 23.5 Å². The molecule has 0 atom stereocenters. The zero-order valence-corrected chi connectivity index (χ0v) is 17.6. The van der Waals surface area contributed by atoms with Gasteiger partial charge in [-0.2, -0.15) is 0 Å². The van der Waals surface area contributed by atoms with Crippen LogP contribution in [0.15, 0.2) is 23.1 Å². The van der Waals surface area contributed by atoms with Crippen molar-refractivity contribution in [2.24, 2.45) is 0 Å². The highest BCUT2D eigenvalue weighted by molar-refractivity contribution is 8.00. The van der Waals surface area contributed by atoms with E-state index in [-0.39, 0.29) is 23.0 Å². The maximum absolute atomic E-state index is 14.1. The summed E-state index contributed by atoms with van der Waals surface area (Å²) < 4.78 is 14.1. The number of piperidine rings is 1. The van der Waals surface area contributed by atoms with Crippen molar-refractivity contribution in [2.75, 3.05) is 25.4 Å². The van der Waals surface area contributed by atoms with Crippen LogP contribution in [-0.4, -0.2) is 47.5 Å². The minimum Gasteiger partial charge on any atom is -0.354 e. The highest BCUT2D eigenvalue weighted by atomic mass is 32.2. The third-order valence-corrected chi connectivity index (χ3v) is 7.17. The van der Waals surface area contributed by atoms with Gasteiger partial charge in [0.05, 0.1) is 5.75 Å². The number of hydrogen-bond donors (Lipinski definition) is 1. The molecule has 0 spiro atoms. The first kappa shape index (κ1) is 21.3. The van der Waals surface area contributed by atoms with Gasteiger partial charge in [-0.3, -0.25) is 14.5 Å². The van der Waals surface area contributed by atoms with Crippen LogP contribution in [0.1, 0.15) is 68.6 Å². The number of benzene rings is 1. The summed E-state index contributed by atoms with van der Waals surface area (Å²) in [6, 6.07) is 4.44. The van der Waals surface area contributed by atoms with Gasteiger partial charge in [0.1, 0.15) is 5.82 Å². The van der Waals surface area contributed by atoms with Crippen LogP contribution in [0.5, 0.6) is 0 Å². The van der Waals surface area contributed by atoms with Gasteiger partial charge in [0, 0.05) is 22.5 Å². The fraction of sp³-hybridized carbons (Fsp3) is 0.636. The van der Waals surface area contributed by atoms with E-state index < -0.39 is 5.82 Å². The molecule has 1 saturated carbocycles. The number of halogens is 1. The first-order valence-corrected chi connectivity index (χ1v) is 11.4. The maximum Gasteiger partial charge on any atom is 0.230 e. The van der Waals surface area contributed by atoms with E-state index in [2.05, 4.69) is 10.2 Å². The maximum atomic E-state index is 14.1. The largest absolute Gasteiger partial charge is 0.354 e. The number of likely N-dealkylation sites (tertiary alicyclic amines) is 1. The number of hydrogen-bond acceptors (Lipinski definition) is 4. The van der Waals surface area contributed by atoms with Crippen molar-refractivity contribution in [1.82, 2.24) is 10.2 Å². The number of rotatable bonds is 7. The molecule has 0 radical (unpaired) electrons. The number of carbonyl (C=O) groups excluding carboxylic acids is 2. The van der Waals surface area contributed by atoms with Crippen molar-refractivity contribution in [1.29, 1.82) is 0 Å². The third kappa shape index (κ3) is 5.35. The molecule has 1 N–H and O–H groups in total. The summed E-state index contributed by atoms with van der Waals surface area (Å²) in [5.74, 6) is -0.472. The monoisotopic (exact) mass is 406 g/mol. The van der Waals surface area contributed by atoms with Crippen LogP contribution in [0.25, 0.3) is 0 Å². The molecule has 154 valence electrons. The summed E-state index contributed by atoms with van der Waals surface area (Å²) in [5.41, 5.74) is 0.458. The SMILES string of the molecule is CC(=O)c1ccc(SCC(=O)NCC2(N3CCCCC3)CCCCC2)c(F)c1. The molecule has 0 bridgehead atoms. The third-order valence-electron chi connectivity index (χ3n) is 6.12. The zero-order chi connectivity index (χ0) is 20.0. The van der Waals surface area contributed by atoms with Crippen LogP contribution in [0.2, 0.25) is 0 Å². The number of nitrogens with one attached hydrogen (secondary N) is 1. The van der Waals surface area contributed by atoms with E-state index in [1.165, 1.54) is 63.3 Å². The first-order valence-electron chi connectivity index (χ1n) is 10.5. The Hall–Kier alpha value is -1.40. The highest BCUT2D eigenvalue weighted by Gasteiger charge is 2.38. The van der Waals surface area contributed by atoms with E-state index in [9.17, 15) is 14.0 Å². The van der Waals surface area contributed by atoms with Gasteiger partial charge in [0.25, 0.3) is 0 Å². The molecule has 1 amide bonds. The van der Waals surface area contributed by atoms with Crippen LogP contribution in [0.4, 0.5) is 4.39 Å². The number of thioether (sulfide) groups is 1. The summed E-state index contributed by atoms with van der Waals surface area (Å²) >= 11 is 1.18. The average Bonchev–Trinajstić information content (AvgIpc) is 2.72. The van der Waals surface area contributed by atoms with Gasteiger partial charge in [0.15, 0.2) is 5.78 Å². The molecule has 2 aliphatic rings. The standard InChI is InChI=1S/C22H31FN2O2S/c1-17(26)18-8-9-20(19(23)14-18)28-15-21(27)24-16-22(10-4-2-5-11-22)25-12-6-3-7-13-25/h8-9,14H,2-7,10-13,15-16H2,1H3,(H,24,27). The Morgan fingerprint density at radius 1 is 1.11 bits per heavy atom. The number of carbonyl (C=O) groups is 2. The molecular weight excluding hydrogens is 375 g/mol. The lowest BCUT2D eigenvalue weighted by Crippen LogP contribution is -2.58. The predicted molar refractivity (Wildman–Crippen MR) is 111 cm³/mol. The molecule has 6 heteroatoms. The van der Waals surface area contributed by atoms with Crippen molar-refractivity contribution in [3.8, 4) is 0 Å². The Labute approximate surface area is 171 Å². The van der Waals surface area contributed by atoms with Crippen molar-refractivity contribution in [3.63, 3.8) is 0 Å². The number of ketones is 1. The van der Waals surface area contributed by atoms with Crippen molar-refractivity contribution in [2.45, 2.75) is 68.7 Å². The van der Waals surface area contributed by atoms with Crippen LogP contribution in [0.3, 0.4) is 0 Å². The fourth-order valence-corrected chi connectivity index (χ4v) is 5.23. The normalized spacial score (nSPS) is 19.9. The van der Waals surface area contributed by atoms with Crippen LogP contribution in [-0.2, 0) is 4.79 Å². The lowest BCUT2D eigenvalue weighted by Gasteiger charge is -2.48. The Morgan fingerprint density at radius 2 is 1.79 bits per heavy atom. The van der Waals surface area contributed by atoms with Gasteiger partial charge >= 0.3 is 0 Å². The van der Waals surface area contributed by atoms with E-state index in [0.717, 1.165) is 25.9 Å². The molecule has 1 aliphatic heterocycles. The van der Waals surface area contributed by atoms with Crippen LogP contribution < -0.4 is 5.32 Å². The van der Waals surface area contributed by atoms with Gasteiger partial charge in [-0.15, -0.1) is 11.8 Å². The topological polar surface area (TPSA) is 49.4 Å². The molecule has 1 heterocycles. The molecule has 4 nitrogen and oxygen atoms in total. The molecule has 1 aromatic carbocycles. The molecule has 28 heavy (non-hydrogen) atoms. The number of Topliss-reactive ketones (excluding diaryl/α,β-unsaturated/α-hetero) is 1. The smallest absolute Gasteiger partial charge is 0.230 e. The van der Waals surface area contributed by atoms with Gasteiger partial charge in [0.2, 0.25) is 5.91 Å². The summed E-state index contributed by atoms with van der Waals surface area (Å²) in [7, 11) is 0. The average molecular weight is 407 g/mol. The fourth-order valence-electron chi connectivity index (χ4n) is 4.48. The molecule has 1 aliphatic carbocycles. The quantitative estimate of drug-likeness (QED) is 0.538. The zero-order valence-electron chi connectivity index (χ0n) is 16.8. The van der Waals surface area contributed by atoms with E-state index in [1.807, 2.05) is 0 Å². The molecule has 2 fully saturated rings. The minimum atomic E-state index is -0.442. The highest BCUT2D eigenvalue weighted by Crippen LogP contribution is 2.35. The van der Waals surface area contributed by atoms with E-state index in [1.54, 1.807) is 12.1 Å². The second kappa shape index (κ2) is 9.88. The number of amides is 1. The molecule has 1 saturated heterocycles. The summed E-state index contributed by atoms with van der Waals surface area (Å²) in [4.78, 5) is 26.8. The summed E-state index contributed by atoms with van der Waals surface area (Å²) in [6.07, 6.45) is 9.87. The molecule has 3 rings (SSSR count). The Morgan fingerprint density at radius 3 is 2.43 bits per heavy atom. The van der Waals surface area contributed by atoms with Gasteiger partial charge in [-0.05, 0) is 57.8 Å². The minimum absolute atomic E-state index is 0.0537. The van der Waals surface area contributed by atoms with Crippen molar-refractivity contribution in [3.05, 3.63) is 29.6 Å². The Bertz CT molecular complexity index is 698. The summed E-state index contributed by atoms with van der Waals surface area (Å²) in [5, 5.41) is 3.13. The van der Waals surface area contributed by atoms with E-state index in [4.69, 9.17) is 0 Å². The lowest BCUT2D eigenvalue weighted by molar-refractivity contribution is -0.119. The number of nitrogens with zero attached hydrogens (tertiary/aromatic N) is 1. The molecule has 0 aromatic heterocycles.